The fourth-order valence-electron chi connectivity index (χ4n) is 14.4. The van der Waals surface area contributed by atoms with E-state index in [1.54, 1.807) is 13.8 Å². The molecule has 376 valence electrons. The topological polar surface area (TPSA) is 277 Å². The predicted octanol–water partition coefficient (Wildman–Crippen LogP) is 4.66. The van der Waals surface area contributed by atoms with E-state index in [-0.39, 0.29) is 73.5 Å². The molecule has 9 rings (SSSR count). The summed E-state index contributed by atoms with van der Waals surface area (Å²) < 4.78 is 55.1. The first-order chi connectivity index (χ1) is 31.6. The molecule has 67 heavy (non-hydrogen) atoms. The number of hydrogen-bond acceptors (Lipinski definition) is 20. The van der Waals surface area contributed by atoms with Crippen LogP contribution >= 0.6 is 0 Å². The first kappa shape index (κ1) is 48.5. The zero-order chi connectivity index (χ0) is 48.0. The van der Waals surface area contributed by atoms with Crippen LogP contribution in [0.4, 0.5) is 0 Å². The van der Waals surface area contributed by atoms with Crippen LogP contribution in [0.15, 0.2) is 11.6 Å². The van der Waals surface area contributed by atoms with Gasteiger partial charge in [0.05, 0.1) is 36.1 Å². The zero-order valence-corrected chi connectivity index (χ0v) is 39.0. The summed E-state index contributed by atoms with van der Waals surface area (Å²) in [5, 5.41) is 45.5. The van der Waals surface area contributed by atoms with Crippen LogP contribution in [0.5, 0.6) is 0 Å². The Morgan fingerprint density at radius 3 is 1.87 bits per heavy atom. The lowest BCUT2D eigenvalue weighted by Gasteiger charge is -2.63. The Morgan fingerprint density at radius 1 is 0.687 bits per heavy atom. The molecule has 8 fully saturated rings. The van der Waals surface area contributed by atoms with Crippen molar-refractivity contribution in [1.82, 2.24) is 0 Å². The quantitative estimate of drug-likeness (QED) is 0.114. The molecule has 9 aliphatic rings. The third-order valence-electron chi connectivity index (χ3n) is 17.2. The Balaban J connectivity index is 0.824. The SMILES string of the molecule is C[C@H]1O[C@@H](O[C@H]2CC[C@@]3(C)[C@H](CC[C@@H]4[C@@H]3CC[C@]3(C)[C@@H](C5=CC(=O)OC5)[C@@H](O[N+](=O)[O-])C[C@]43O)C2)C[C@H](O[N+](=O)[O-])[C@@H]1O[C@H]1C[C@H](O[N+](=O)[O-])[C@H](O[C@H]2C[C@@H]3OC(C)(C)O[C@@H]3[C@@H](C)O2)[C@@H](C)O1. The van der Waals surface area contributed by atoms with Crippen LogP contribution in [0.3, 0.4) is 0 Å². The van der Waals surface area contributed by atoms with Crippen LogP contribution in [0.25, 0.3) is 0 Å². The Hall–Kier alpha value is -3.55. The number of carbonyl (C=O) groups is 1. The molecule has 0 spiro atoms. The van der Waals surface area contributed by atoms with Crippen molar-refractivity contribution in [3.63, 3.8) is 0 Å². The van der Waals surface area contributed by atoms with Crippen molar-refractivity contribution in [3.05, 3.63) is 42.0 Å². The highest BCUT2D eigenvalue weighted by Crippen LogP contribution is 2.70. The van der Waals surface area contributed by atoms with E-state index in [0.717, 1.165) is 19.3 Å². The first-order valence-electron chi connectivity index (χ1n) is 23.9. The molecule has 0 aromatic heterocycles. The number of ether oxygens (including phenoxy) is 9. The number of cyclic esters (lactones) is 1. The van der Waals surface area contributed by atoms with Crippen LogP contribution in [-0.4, -0.2) is 130 Å². The number of hydrogen-bond donors (Lipinski definition) is 1. The predicted molar refractivity (Wildman–Crippen MR) is 222 cm³/mol. The zero-order valence-electron chi connectivity index (χ0n) is 39.0. The summed E-state index contributed by atoms with van der Waals surface area (Å²) >= 11 is 0. The number of nitrogens with zero attached hydrogens (tertiary/aromatic N) is 3. The second-order valence-corrected chi connectivity index (χ2v) is 21.4. The van der Waals surface area contributed by atoms with Crippen molar-refractivity contribution in [2.75, 3.05) is 6.61 Å². The van der Waals surface area contributed by atoms with Gasteiger partial charge in [-0.25, -0.2) is 4.79 Å². The van der Waals surface area contributed by atoms with Crippen molar-refractivity contribution >= 4 is 5.97 Å². The largest absolute Gasteiger partial charge is 0.458 e. The summed E-state index contributed by atoms with van der Waals surface area (Å²) in [6.07, 6.45) is -4.20. The van der Waals surface area contributed by atoms with E-state index < -0.39 is 106 Å². The molecule has 0 amide bonds. The molecule has 4 aliphatic carbocycles. The van der Waals surface area contributed by atoms with E-state index in [0.29, 0.717) is 37.7 Å². The molecule has 0 aromatic rings. The van der Waals surface area contributed by atoms with E-state index >= 15 is 0 Å². The molecule has 4 saturated heterocycles. The minimum Gasteiger partial charge on any atom is -0.458 e. The minimum atomic E-state index is -1.27. The van der Waals surface area contributed by atoms with Crippen LogP contribution in [0.2, 0.25) is 0 Å². The maximum atomic E-state index is 12.8. The number of fused-ring (bicyclic) bond motifs is 6. The van der Waals surface area contributed by atoms with Gasteiger partial charge in [0.15, 0.2) is 24.7 Å². The van der Waals surface area contributed by atoms with E-state index in [2.05, 4.69) is 6.92 Å². The van der Waals surface area contributed by atoms with Gasteiger partial charge in [0.1, 0.15) is 43.2 Å². The van der Waals surface area contributed by atoms with Crippen molar-refractivity contribution in [3.8, 4) is 0 Å². The summed E-state index contributed by atoms with van der Waals surface area (Å²) in [5.41, 5.74) is -1.58. The van der Waals surface area contributed by atoms with Crippen molar-refractivity contribution in [2.45, 2.75) is 216 Å². The number of carbonyl (C=O) groups excluding carboxylic acids is 1. The molecule has 0 unspecified atom stereocenters. The van der Waals surface area contributed by atoms with Crippen molar-refractivity contribution in [2.24, 2.45) is 34.5 Å². The standard InChI is InChI=1S/C44H65N3O20/c1-21-38(62-36-18-31(66-46(52)53)39(22(2)58-36)61-35-16-29-40(23(3)59-35)64-41(4,5)63-29)30(65-45(50)51)17-34(57-21)60-26-10-12-42(6)25(15-26)8-9-28-27(42)11-13-43(7)37(24-14-33(48)56-20-24)32(67-47(54)55)19-44(28,43)49/h14,21-23,25-32,34-40,49H,8-13,15-20H2,1-7H3/t21-,22-,23-,25-,26+,27+,28-,29+,30+,31+,32+,34+,35+,36+,37+,38-,39-,40-,42+,43-,44+/m1/s1. The van der Waals surface area contributed by atoms with E-state index in [1.807, 2.05) is 27.7 Å². The van der Waals surface area contributed by atoms with Gasteiger partial charge in [-0.05, 0) is 108 Å². The smallest absolute Gasteiger partial charge is 0.331 e. The molecular weight excluding hydrogens is 890 g/mol. The van der Waals surface area contributed by atoms with Gasteiger partial charge >= 0.3 is 5.97 Å². The maximum Gasteiger partial charge on any atom is 0.331 e. The van der Waals surface area contributed by atoms with Crippen molar-refractivity contribution < 1.29 is 82.3 Å². The molecule has 0 radical (unpaired) electrons. The average Bonchev–Trinajstić information content (AvgIpc) is 3.86. The van der Waals surface area contributed by atoms with Crippen LogP contribution in [0, 0.1) is 64.8 Å². The van der Waals surface area contributed by atoms with Crippen molar-refractivity contribution in [1.29, 1.82) is 0 Å². The molecule has 0 bridgehead atoms. The normalized spacial score (nSPS) is 49.0. The van der Waals surface area contributed by atoms with Gasteiger partial charge < -0.3 is 62.3 Å². The van der Waals surface area contributed by atoms with Crippen LogP contribution in [-0.2, 0) is 61.9 Å². The highest BCUT2D eigenvalue weighted by atomic mass is 17.0. The summed E-state index contributed by atoms with van der Waals surface area (Å²) in [6.45, 7) is 13.1. The van der Waals surface area contributed by atoms with E-state index in [9.17, 15) is 40.2 Å². The fraction of sp³-hybridized carbons (Fsp3) is 0.932. The fourth-order valence-corrected chi connectivity index (χ4v) is 14.4. The molecular formula is C44H65N3O20. The lowest BCUT2D eigenvalue weighted by molar-refractivity contribution is -0.774. The Bertz CT molecular complexity index is 1940. The van der Waals surface area contributed by atoms with Gasteiger partial charge in [-0.1, -0.05) is 13.8 Å². The van der Waals surface area contributed by atoms with Crippen LogP contribution in [0.1, 0.15) is 119 Å². The number of rotatable bonds is 13. The number of aliphatic hydroxyl groups is 1. The molecule has 5 heterocycles. The van der Waals surface area contributed by atoms with Gasteiger partial charge in [0.2, 0.25) is 0 Å². The highest BCUT2D eigenvalue weighted by Gasteiger charge is 2.71. The highest BCUT2D eigenvalue weighted by molar-refractivity contribution is 5.85. The van der Waals surface area contributed by atoms with E-state index in [1.165, 1.54) is 6.08 Å². The lowest BCUT2D eigenvalue weighted by atomic mass is 9.43. The Labute approximate surface area is 387 Å². The third kappa shape index (κ3) is 9.09. The summed E-state index contributed by atoms with van der Waals surface area (Å²) in [5.74, 6) is -1.64. The molecule has 21 atom stereocenters. The van der Waals surface area contributed by atoms with Gasteiger partial charge in [-0.15, -0.1) is 30.3 Å². The molecule has 5 aliphatic heterocycles. The summed E-state index contributed by atoms with van der Waals surface area (Å²) in [7, 11) is 0. The van der Waals surface area contributed by atoms with Gasteiger partial charge in [-0.3, -0.25) is 0 Å². The Morgan fingerprint density at radius 2 is 1.27 bits per heavy atom. The Kier molecular flexibility index (Phi) is 13.0. The van der Waals surface area contributed by atoms with Gasteiger partial charge in [0, 0.05) is 43.1 Å². The number of esters is 1. The molecule has 23 heteroatoms. The second-order valence-electron chi connectivity index (χ2n) is 21.4. The third-order valence-corrected chi connectivity index (χ3v) is 17.2. The lowest BCUT2D eigenvalue weighted by Crippen LogP contribution is -2.62. The summed E-state index contributed by atoms with van der Waals surface area (Å²) in [4.78, 5) is 63.0. The van der Waals surface area contributed by atoms with E-state index in [4.69, 9.17) is 57.1 Å². The van der Waals surface area contributed by atoms with Gasteiger partial charge in [0.25, 0.3) is 15.3 Å². The summed E-state index contributed by atoms with van der Waals surface area (Å²) in [6, 6.07) is 0. The molecule has 1 N–H and O–H groups in total. The van der Waals surface area contributed by atoms with Crippen LogP contribution < -0.4 is 0 Å². The monoisotopic (exact) mass is 955 g/mol. The first-order valence-corrected chi connectivity index (χ1v) is 23.9. The maximum absolute atomic E-state index is 12.8. The average molecular weight is 956 g/mol. The molecule has 0 aromatic carbocycles. The molecule has 4 saturated carbocycles. The second kappa shape index (κ2) is 18.0. The molecule has 23 nitrogen and oxygen atoms in total. The van der Waals surface area contributed by atoms with Gasteiger partial charge in [-0.2, -0.15) is 0 Å². The minimum absolute atomic E-state index is 0.0224.